The Labute approximate surface area is 176 Å². The first-order valence-corrected chi connectivity index (χ1v) is 11.4. The fourth-order valence-electron chi connectivity index (χ4n) is 6.88. The maximum Gasteiger partial charge on any atom is 0.222 e. The highest BCUT2D eigenvalue weighted by Gasteiger charge is 2.59. The minimum absolute atomic E-state index is 0.0418. The van der Waals surface area contributed by atoms with E-state index >= 15 is 0 Å². The number of nitrogens with one attached hydrogen (secondary N) is 2. The molecule has 1 aliphatic heterocycles. The van der Waals surface area contributed by atoms with E-state index in [1.807, 2.05) is 17.2 Å². The molecule has 4 aliphatic carbocycles. The molecule has 9 nitrogen and oxygen atoms in total. The molecular formula is C21H30N8O. The summed E-state index contributed by atoms with van der Waals surface area (Å²) in [7, 11) is 0. The molecule has 4 saturated carbocycles. The van der Waals surface area contributed by atoms with E-state index in [1.165, 1.54) is 32.1 Å². The van der Waals surface area contributed by atoms with E-state index in [0.29, 0.717) is 5.95 Å². The quantitative estimate of drug-likeness (QED) is 0.713. The van der Waals surface area contributed by atoms with Gasteiger partial charge < -0.3 is 15.4 Å². The van der Waals surface area contributed by atoms with Gasteiger partial charge in [-0.1, -0.05) is 0 Å². The molecule has 30 heavy (non-hydrogen) atoms. The topological polar surface area (TPSA) is 103 Å². The van der Waals surface area contributed by atoms with Gasteiger partial charge in [0.05, 0.1) is 11.6 Å². The summed E-state index contributed by atoms with van der Waals surface area (Å²) in [5, 5.41) is 20.0. The maximum atomic E-state index is 5.65. The second-order valence-corrected chi connectivity index (χ2v) is 9.98. The van der Waals surface area contributed by atoms with Crippen molar-refractivity contribution < 1.29 is 4.74 Å². The number of ether oxygens (including phenoxy) is 1. The van der Waals surface area contributed by atoms with Gasteiger partial charge >= 0.3 is 0 Å². The lowest BCUT2D eigenvalue weighted by molar-refractivity contribution is -0.0854. The Morgan fingerprint density at radius 1 is 1.13 bits per heavy atom. The van der Waals surface area contributed by atoms with Crippen molar-refractivity contribution in [1.82, 2.24) is 35.5 Å². The van der Waals surface area contributed by atoms with Gasteiger partial charge in [0, 0.05) is 43.2 Å². The van der Waals surface area contributed by atoms with E-state index < -0.39 is 0 Å². The van der Waals surface area contributed by atoms with E-state index in [4.69, 9.17) is 4.74 Å². The molecule has 0 amide bonds. The minimum atomic E-state index is 0.0418. The number of hydrogen-bond acceptors (Lipinski definition) is 8. The third-order valence-electron chi connectivity index (χ3n) is 7.69. The smallest absolute Gasteiger partial charge is 0.222 e. The summed E-state index contributed by atoms with van der Waals surface area (Å²) in [5.74, 6) is 2.19. The molecule has 3 unspecified atom stereocenters. The van der Waals surface area contributed by atoms with Crippen molar-refractivity contribution in [1.29, 1.82) is 0 Å². The molecule has 5 aliphatic rings. The maximum absolute atomic E-state index is 5.65. The average molecular weight is 411 g/mol. The van der Waals surface area contributed by atoms with Gasteiger partial charge in [0.2, 0.25) is 5.95 Å². The van der Waals surface area contributed by atoms with E-state index in [2.05, 4.69) is 36.0 Å². The summed E-state index contributed by atoms with van der Waals surface area (Å²) in [4.78, 5) is 10.9. The zero-order chi connectivity index (χ0) is 20.0. The van der Waals surface area contributed by atoms with E-state index in [-0.39, 0.29) is 17.2 Å². The van der Waals surface area contributed by atoms with Crippen LogP contribution in [-0.2, 0) is 16.8 Å². The first-order chi connectivity index (χ1) is 14.7. The third-order valence-corrected chi connectivity index (χ3v) is 7.69. The second kappa shape index (κ2) is 7.23. The highest BCUT2D eigenvalue weighted by molar-refractivity contribution is 5.25. The van der Waals surface area contributed by atoms with Gasteiger partial charge in [0.1, 0.15) is 0 Å². The van der Waals surface area contributed by atoms with Crippen LogP contribution in [0.4, 0.5) is 5.95 Å². The molecule has 0 spiro atoms. The van der Waals surface area contributed by atoms with Gasteiger partial charge in [-0.2, -0.15) is 4.80 Å². The van der Waals surface area contributed by atoms with Crippen LogP contribution in [0.1, 0.15) is 56.9 Å². The van der Waals surface area contributed by atoms with Crippen LogP contribution < -0.4 is 10.6 Å². The molecule has 2 N–H and O–H groups in total. The van der Waals surface area contributed by atoms with Crippen LogP contribution in [0.15, 0.2) is 18.7 Å². The van der Waals surface area contributed by atoms with Crippen molar-refractivity contribution in [3.63, 3.8) is 0 Å². The van der Waals surface area contributed by atoms with Gasteiger partial charge in [-0.3, -0.25) is 0 Å². The highest BCUT2D eigenvalue weighted by Crippen LogP contribution is 2.60. The summed E-state index contributed by atoms with van der Waals surface area (Å²) in [6.07, 6.45) is 15.3. The Balaban J connectivity index is 1.11. The molecule has 160 valence electrons. The van der Waals surface area contributed by atoms with Crippen molar-refractivity contribution in [3.8, 4) is 0 Å². The molecular weight excluding hydrogens is 380 g/mol. The molecule has 3 atom stereocenters. The molecule has 1 saturated heterocycles. The Kier molecular flexibility index (Phi) is 4.49. The molecule has 7 rings (SSSR count). The Morgan fingerprint density at radius 3 is 2.67 bits per heavy atom. The van der Waals surface area contributed by atoms with Gasteiger partial charge in [0.25, 0.3) is 0 Å². The third kappa shape index (κ3) is 3.37. The lowest BCUT2D eigenvalue weighted by Gasteiger charge is -2.61. The standard InChI is InChI=1S/C21H30N8O/c1-2-18(30-3-1)12-24-19-22-9-17(10-23-19)11-25-20-5-15-4-16(6-20)8-21(7-15,13-20)29-27-14-26-28-29/h9-10,14-16,18,25H,1-8,11-13H2,(H,22,23,24). The van der Waals surface area contributed by atoms with Crippen molar-refractivity contribution in [2.45, 2.75) is 75.1 Å². The van der Waals surface area contributed by atoms with E-state index in [0.717, 1.165) is 56.4 Å². The van der Waals surface area contributed by atoms with Crippen molar-refractivity contribution >= 4 is 5.95 Å². The zero-order valence-corrected chi connectivity index (χ0v) is 17.3. The molecule has 4 bridgehead atoms. The summed E-state index contributed by atoms with van der Waals surface area (Å²) in [6.45, 7) is 2.45. The van der Waals surface area contributed by atoms with Crippen LogP contribution in [0.3, 0.4) is 0 Å². The number of rotatable bonds is 7. The molecule has 5 fully saturated rings. The molecule has 0 aromatic carbocycles. The Morgan fingerprint density at radius 2 is 1.97 bits per heavy atom. The van der Waals surface area contributed by atoms with Crippen LogP contribution in [0.2, 0.25) is 0 Å². The molecule has 2 aromatic heterocycles. The number of aromatic nitrogens is 6. The van der Waals surface area contributed by atoms with Crippen molar-refractivity contribution in [3.05, 3.63) is 24.3 Å². The summed E-state index contributed by atoms with van der Waals surface area (Å²) >= 11 is 0. The van der Waals surface area contributed by atoms with Crippen LogP contribution in [-0.4, -0.2) is 55.0 Å². The van der Waals surface area contributed by atoms with Crippen molar-refractivity contribution in [2.24, 2.45) is 11.8 Å². The SMILES string of the molecule is c1nnn(C23CC4CC(CC(NCc5cnc(NCC6CCCO6)nc5)(C4)C2)C3)n1. The van der Waals surface area contributed by atoms with Gasteiger partial charge in [-0.05, 0) is 68.4 Å². The summed E-state index contributed by atoms with van der Waals surface area (Å²) < 4.78 is 5.65. The number of tetrazole rings is 1. The predicted octanol–water partition coefficient (Wildman–Crippen LogP) is 1.89. The normalized spacial score (nSPS) is 37.0. The van der Waals surface area contributed by atoms with Gasteiger partial charge in [-0.15, -0.1) is 10.2 Å². The van der Waals surface area contributed by atoms with Gasteiger partial charge in [-0.25, -0.2) is 9.97 Å². The number of nitrogens with zero attached hydrogens (tertiary/aromatic N) is 6. The monoisotopic (exact) mass is 410 g/mol. The molecule has 2 aromatic rings. The van der Waals surface area contributed by atoms with Crippen LogP contribution in [0.5, 0.6) is 0 Å². The summed E-state index contributed by atoms with van der Waals surface area (Å²) in [6, 6.07) is 0. The second-order valence-electron chi connectivity index (χ2n) is 9.98. The number of hydrogen-bond donors (Lipinski definition) is 2. The Hall–Kier alpha value is -2.13. The number of anilines is 1. The average Bonchev–Trinajstić information content (AvgIpc) is 3.45. The highest BCUT2D eigenvalue weighted by atomic mass is 16.5. The summed E-state index contributed by atoms with van der Waals surface area (Å²) in [5.41, 5.74) is 1.33. The van der Waals surface area contributed by atoms with Gasteiger partial charge in [0.15, 0.2) is 6.33 Å². The lowest BCUT2D eigenvalue weighted by Crippen LogP contribution is -2.65. The molecule has 9 heteroatoms. The first kappa shape index (κ1) is 18.6. The fourth-order valence-corrected chi connectivity index (χ4v) is 6.88. The van der Waals surface area contributed by atoms with Crippen LogP contribution in [0, 0.1) is 11.8 Å². The predicted molar refractivity (Wildman–Crippen MR) is 110 cm³/mol. The van der Waals surface area contributed by atoms with Crippen molar-refractivity contribution in [2.75, 3.05) is 18.5 Å². The Bertz CT molecular complexity index is 850. The molecule has 3 heterocycles. The van der Waals surface area contributed by atoms with Crippen LogP contribution in [0.25, 0.3) is 0 Å². The minimum Gasteiger partial charge on any atom is -0.376 e. The first-order valence-electron chi connectivity index (χ1n) is 11.4. The van der Waals surface area contributed by atoms with E-state index in [9.17, 15) is 0 Å². The molecule has 0 radical (unpaired) electrons. The zero-order valence-electron chi connectivity index (χ0n) is 17.3. The fraction of sp³-hybridized carbons (Fsp3) is 0.762. The lowest BCUT2D eigenvalue weighted by atomic mass is 9.50. The van der Waals surface area contributed by atoms with E-state index in [1.54, 1.807) is 6.33 Å². The largest absolute Gasteiger partial charge is 0.376 e. The van der Waals surface area contributed by atoms with Crippen LogP contribution >= 0.6 is 0 Å².